The van der Waals surface area contributed by atoms with Crippen LogP contribution in [-0.2, 0) is 0 Å². The van der Waals surface area contributed by atoms with E-state index in [1.807, 2.05) is 6.92 Å². The monoisotopic (exact) mass is 264 g/mol. The normalized spacial score (nSPS) is 15.6. The summed E-state index contributed by atoms with van der Waals surface area (Å²) in [5, 5.41) is 23.8. The average Bonchev–Trinajstić information content (AvgIpc) is 3.15. The molecule has 1 aromatic rings. The molecular weight excluding hydrogens is 248 g/mol. The largest absolute Gasteiger partial charge is 0.505 e. The van der Waals surface area contributed by atoms with Crippen molar-refractivity contribution in [3.63, 3.8) is 0 Å². The molecule has 102 valence electrons. The van der Waals surface area contributed by atoms with Gasteiger partial charge in [0.15, 0.2) is 5.75 Å². The molecule has 0 saturated heterocycles. The predicted molar refractivity (Wildman–Crippen MR) is 69.4 cm³/mol. The number of carboxylic acids is 1. The summed E-state index contributed by atoms with van der Waals surface area (Å²) in [6.07, 6.45) is 2.22. The molecule has 0 bridgehead atoms. The van der Waals surface area contributed by atoms with Gasteiger partial charge in [0.05, 0.1) is 5.69 Å². The summed E-state index contributed by atoms with van der Waals surface area (Å²) in [5.74, 6) is -1.16. The number of carboxylic acid groups (broad SMARTS) is 1. The third-order valence-corrected chi connectivity index (χ3v) is 3.20. The van der Waals surface area contributed by atoms with E-state index in [1.165, 1.54) is 18.2 Å². The van der Waals surface area contributed by atoms with Gasteiger partial charge in [-0.05, 0) is 37.8 Å². The summed E-state index contributed by atoms with van der Waals surface area (Å²) in [4.78, 5) is 22.6. The van der Waals surface area contributed by atoms with E-state index >= 15 is 0 Å². The molecule has 4 N–H and O–H groups in total. The van der Waals surface area contributed by atoms with Crippen LogP contribution in [0.5, 0.6) is 5.75 Å². The van der Waals surface area contributed by atoms with Gasteiger partial charge in [-0.25, -0.2) is 9.59 Å². The van der Waals surface area contributed by atoms with Crippen molar-refractivity contribution < 1.29 is 19.8 Å². The van der Waals surface area contributed by atoms with E-state index in [-0.39, 0.29) is 17.3 Å². The number of hydrogen-bond donors (Lipinski definition) is 4. The third-order valence-electron chi connectivity index (χ3n) is 3.20. The molecule has 1 aromatic carbocycles. The summed E-state index contributed by atoms with van der Waals surface area (Å²) in [7, 11) is 0. The molecular formula is C13H16N2O4. The highest BCUT2D eigenvalue weighted by Gasteiger charge is 2.29. The van der Waals surface area contributed by atoms with Gasteiger partial charge in [0.2, 0.25) is 0 Å². The Hall–Kier alpha value is -2.24. The molecule has 0 aromatic heterocycles. The number of urea groups is 1. The number of carbonyl (C=O) groups excluding carboxylic acids is 1. The molecule has 0 aliphatic heterocycles. The van der Waals surface area contributed by atoms with Crippen LogP contribution < -0.4 is 10.6 Å². The Morgan fingerprint density at radius 3 is 2.63 bits per heavy atom. The summed E-state index contributed by atoms with van der Waals surface area (Å²) in [6, 6.07) is 3.81. The lowest BCUT2D eigenvalue weighted by atomic mass is 10.1. The Bertz CT molecular complexity index is 511. The molecule has 0 heterocycles. The first kappa shape index (κ1) is 13.2. The summed E-state index contributed by atoms with van der Waals surface area (Å²) in [5.41, 5.74) is -0.159. The Kier molecular flexibility index (Phi) is 3.59. The van der Waals surface area contributed by atoms with Crippen molar-refractivity contribution in [1.82, 2.24) is 5.32 Å². The number of aromatic carboxylic acids is 1. The maximum atomic E-state index is 11.7. The van der Waals surface area contributed by atoms with Crippen LogP contribution in [0.4, 0.5) is 10.5 Å². The van der Waals surface area contributed by atoms with E-state index in [9.17, 15) is 14.7 Å². The Balaban J connectivity index is 2.03. The molecule has 6 nitrogen and oxygen atoms in total. The zero-order chi connectivity index (χ0) is 14.0. The molecule has 2 rings (SSSR count). The predicted octanol–water partition coefficient (Wildman–Crippen LogP) is 2.01. The number of amides is 2. The summed E-state index contributed by atoms with van der Waals surface area (Å²) >= 11 is 0. The molecule has 1 saturated carbocycles. The van der Waals surface area contributed by atoms with Gasteiger partial charge in [0.1, 0.15) is 5.56 Å². The fraction of sp³-hybridized carbons (Fsp3) is 0.385. The van der Waals surface area contributed by atoms with Gasteiger partial charge in [-0.3, -0.25) is 0 Å². The number of aromatic hydroxyl groups is 1. The van der Waals surface area contributed by atoms with E-state index in [1.54, 1.807) is 0 Å². The van der Waals surface area contributed by atoms with Crippen LogP contribution in [0.1, 0.15) is 30.1 Å². The number of rotatable bonds is 4. The van der Waals surface area contributed by atoms with E-state index in [0.29, 0.717) is 5.92 Å². The van der Waals surface area contributed by atoms with Crippen molar-refractivity contribution in [1.29, 1.82) is 0 Å². The quantitative estimate of drug-likeness (QED) is 0.625. The van der Waals surface area contributed by atoms with Crippen LogP contribution in [0.2, 0.25) is 0 Å². The number of carbonyl (C=O) groups is 2. The summed E-state index contributed by atoms with van der Waals surface area (Å²) < 4.78 is 0. The number of para-hydroxylation sites is 1. The van der Waals surface area contributed by atoms with E-state index in [2.05, 4.69) is 10.6 Å². The molecule has 1 unspecified atom stereocenters. The number of hydrogen-bond acceptors (Lipinski definition) is 3. The average molecular weight is 264 g/mol. The van der Waals surface area contributed by atoms with Crippen LogP contribution in [0, 0.1) is 5.92 Å². The SMILES string of the molecule is CC(NC(=O)Nc1cccc(C(=O)O)c1O)C1CC1. The molecule has 2 amide bonds. The molecule has 6 heteroatoms. The molecule has 19 heavy (non-hydrogen) atoms. The maximum Gasteiger partial charge on any atom is 0.339 e. The molecule has 1 atom stereocenters. The first-order valence-electron chi connectivity index (χ1n) is 6.12. The first-order valence-corrected chi connectivity index (χ1v) is 6.12. The van der Waals surface area contributed by atoms with Gasteiger partial charge in [0.25, 0.3) is 0 Å². The lowest BCUT2D eigenvalue weighted by molar-refractivity contribution is 0.0693. The third kappa shape index (κ3) is 3.15. The number of nitrogens with one attached hydrogen (secondary N) is 2. The van der Waals surface area contributed by atoms with Crippen molar-refractivity contribution in [2.24, 2.45) is 5.92 Å². The smallest absolute Gasteiger partial charge is 0.339 e. The molecule has 1 fully saturated rings. The first-order chi connectivity index (χ1) is 8.99. The van der Waals surface area contributed by atoms with Crippen molar-refractivity contribution in [2.75, 3.05) is 5.32 Å². The van der Waals surface area contributed by atoms with Crippen molar-refractivity contribution in [2.45, 2.75) is 25.8 Å². The Labute approximate surface area is 110 Å². The molecule has 1 aliphatic carbocycles. The standard InChI is InChI=1S/C13H16N2O4/c1-7(8-5-6-8)14-13(19)15-10-4-2-3-9(11(10)16)12(17)18/h2-4,7-8,16H,5-6H2,1H3,(H,17,18)(H2,14,15,19). The molecule has 1 aliphatic rings. The zero-order valence-electron chi connectivity index (χ0n) is 10.5. The van der Waals surface area contributed by atoms with E-state index < -0.39 is 17.7 Å². The minimum absolute atomic E-state index is 0.0739. The number of anilines is 1. The topological polar surface area (TPSA) is 98.7 Å². The minimum Gasteiger partial charge on any atom is -0.505 e. The Morgan fingerprint density at radius 2 is 2.05 bits per heavy atom. The highest BCUT2D eigenvalue weighted by Crippen LogP contribution is 2.32. The minimum atomic E-state index is -1.24. The second-order valence-electron chi connectivity index (χ2n) is 4.73. The van der Waals surface area contributed by atoms with Crippen molar-refractivity contribution in [3.8, 4) is 5.75 Å². The molecule has 0 spiro atoms. The fourth-order valence-electron chi connectivity index (χ4n) is 1.90. The highest BCUT2D eigenvalue weighted by molar-refractivity contribution is 5.97. The van der Waals surface area contributed by atoms with Crippen molar-refractivity contribution >= 4 is 17.7 Å². The van der Waals surface area contributed by atoms with Crippen LogP contribution >= 0.6 is 0 Å². The highest BCUT2D eigenvalue weighted by atomic mass is 16.4. The van der Waals surface area contributed by atoms with Gasteiger partial charge in [-0.15, -0.1) is 0 Å². The zero-order valence-corrected chi connectivity index (χ0v) is 10.5. The number of phenols is 1. The van der Waals surface area contributed by atoms with Gasteiger partial charge in [-0.1, -0.05) is 6.07 Å². The summed E-state index contributed by atoms with van der Waals surface area (Å²) in [6.45, 7) is 1.92. The maximum absolute atomic E-state index is 11.7. The van der Waals surface area contributed by atoms with Crippen LogP contribution in [-0.4, -0.2) is 28.3 Å². The van der Waals surface area contributed by atoms with Gasteiger partial charge >= 0.3 is 12.0 Å². The second-order valence-corrected chi connectivity index (χ2v) is 4.73. The fourth-order valence-corrected chi connectivity index (χ4v) is 1.90. The Morgan fingerprint density at radius 1 is 1.37 bits per heavy atom. The molecule has 0 radical (unpaired) electrons. The van der Waals surface area contributed by atoms with Gasteiger partial charge in [-0.2, -0.15) is 0 Å². The van der Waals surface area contributed by atoms with E-state index in [4.69, 9.17) is 5.11 Å². The lowest BCUT2D eigenvalue weighted by Crippen LogP contribution is -2.37. The van der Waals surface area contributed by atoms with Crippen LogP contribution in [0.15, 0.2) is 18.2 Å². The van der Waals surface area contributed by atoms with Crippen molar-refractivity contribution in [3.05, 3.63) is 23.8 Å². The lowest BCUT2D eigenvalue weighted by Gasteiger charge is -2.14. The number of benzene rings is 1. The van der Waals surface area contributed by atoms with Gasteiger partial charge < -0.3 is 20.8 Å². The van der Waals surface area contributed by atoms with E-state index in [0.717, 1.165) is 12.8 Å². The van der Waals surface area contributed by atoms with Gasteiger partial charge in [0, 0.05) is 6.04 Å². The van der Waals surface area contributed by atoms with Crippen LogP contribution in [0.3, 0.4) is 0 Å². The van der Waals surface area contributed by atoms with Crippen LogP contribution in [0.25, 0.3) is 0 Å². The second kappa shape index (κ2) is 5.17.